The van der Waals surface area contributed by atoms with Gasteiger partial charge in [0.05, 0.1) is 12.6 Å². The number of hydrogen-bond acceptors (Lipinski definition) is 3. The third-order valence-corrected chi connectivity index (χ3v) is 3.78. The van der Waals surface area contributed by atoms with Crippen LogP contribution in [0.15, 0.2) is 24.3 Å². The fraction of sp³-hybridized carbons (Fsp3) is 0.533. The van der Waals surface area contributed by atoms with E-state index in [1.807, 2.05) is 31.2 Å². The monoisotopic (exact) mass is 247 g/mol. The van der Waals surface area contributed by atoms with Crippen molar-refractivity contribution in [2.24, 2.45) is 0 Å². The number of carbonyl (C=O) groups excluding carboxylic acids is 1. The molecule has 0 saturated carbocycles. The number of piperidine rings is 1. The van der Waals surface area contributed by atoms with E-state index in [1.165, 1.54) is 0 Å². The lowest BCUT2D eigenvalue weighted by atomic mass is 9.84. The maximum atomic E-state index is 12.4. The number of hydrogen-bond donors (Lipinski definition) is 1. The molecule has 1 fully saturated rings. The number of para-hydroxylation sites is 1. The molecule has 1 saturated heterocycles. The molecular weight excluding hydrogens is 226 g/mol. The fourth-order valence-electron chi connectivity index (χ4n) is 2.51. The normalized spacial score (nSPS) is 23.7. The number of Topliss-reactive ketones (excluding diaryl/α,β-unsaturated/α-hetero) is 1. The Hall–Kier alpha value is -1.35. The van der Waals surface area contributed by atoms with E-state index < -0.39 is 0 Å². The summed E-state index contributed by atoms with van der Waals surface area (Å²) in [5.41, 5.74) is 0.609. The predicted octanol–water partition coefficient (Wildman–Crippen LogP) is 2.34. The van der Waals surface area contributed by atoms with E-state index in [0.717, 1.165) is 37.1 Å². The molecule has 1 N–H and O–H groups in total. The van der Waals surface area contributed by atoms with Crippen LogP contribution in [0.5, 0.6) is 5.75 Å². The zero-order valence-corrected chi connectivity index (χ0v) is 11.2. The molecule has 1 atom stereocenters. The molecule has 1 aromatic carbocycles. The van der Waals surface area contributed by atoms with Gasteiger partial charge in [0.25, 0.3) is 0 Å². The minimum Gasteiger partial charge on any atom is -0.496 e. The second-order valence-corrected chi connectivity index (χ2v) is 5.13. The zero-order valence-electron chi connectivity index (χ0n) is 11.2. The molecule has 1 heterocycles. The van der Waals surface area contributed by atoms with Gasteiger partial charge in [-0.25, -0.2) is 0 Å². The van der Waals surface area contributed by atoms with Crippen LogP contribution in [0.25, 0.3) is 0 Å². The maximum Gasteiger partial charge on any atom is 0.157 e. The lowest BCUT2D eigenvalue weighted by molar-refractivity contribution is -0.125. The van der Waals surface area contributed by atoms with Crippen LogP contribution >= 0.6 is 0 Å². The second-order valence-electron chi connectivity index (χ2n) is 5.13. The molecule has 1 aromatic rings. The summed E-state index contributed by atoms with van der Waals surface area (Å²) in [7, 11) is 1.64. The Morgan fingerprint density at radius 3 is 2.83 bits per heavy atom. The van der Waals surface area contributed by atoms with Crippen molar-refractivity contribution >= 4 is 5.78 Å². The van der Waals surface area contributed by atoms with Gasteiger partial charge in [0, 0.05) is 12.0 Å². The van der Waals surface area contributed by atoms with Crippen molar-refractivity contribution < 1.29 is 9.53 Å². The number of nitrogens with one attached hydrogen (secondary N) is 1. The SMILES string of the molecule is COc1ccccc1CC(=O)C1(C)CCCCN1. The standard InChI is InChI=1S/C15H21NO2/c1-15(9-5-6-10-16-15)14(17)11-12-7-3-4-8-13(12)18-2/h3-4,7-8,16H,5-6,9-11H2,1-2H3. The maximum absolute atomic E-state index is 12.4. The first kappa shape index (κ1) is 13.1. The minimum absolute atomic E-state index is 0.256. The summed E-state index contributed by atoms with van der Waals surface area (Å²) < 4.78 is 5.29. The molecule has 0 spiro atoms. The second kappa shape index (κ2) is 5.53. The molecule has 2 rings (SSSR count). The van der Waals surface area contributed by atoms with Crippen LogP contribution in [0.3, 0.4) is 0 Å². The molecule has 3 nitrogen and oxygen atoms in total. The Morgan fingerprint density at radius 1 is 1.39 bits per heavy atom. The third kappa shape index (κ3) is 2.72. The van der Waals surface area contributed by atoms with Crippen LogP contribution in [0.2, 0.25) is 0 Å². The Labute approximate surface area is 109 Å². The summed E-state index contributed by atoms with van der Waals surface area (Å²) >= 11 is 0. The van der Waals surface area contributed by atoms with Crippen LogP contribution in [0.1, 0.15) is 31.7 Å². The number of ketones is 1. The molecule has 18 heavy (non-hydrogen) atoms. The van der Waals surface area contributed by atoms with Gasteiger partial charge >= 0.3 is 0 Å². The summed E-state index contributed by atoms with van der Waals surface area (Å²) in [4.78, 5) is 12.4. The number of rotatable bonds is 4. The summed E-state index contributed by atoms with van der Waals surface area (Å²) in [6.45, 7) is 2.96. The number of ether oxygens (including phenoxy) is 1. The van der Waals surface area contributed by atoms with Gasteiger partial charge < -0.3 is 10.1 Å². The quantitative estimate of drug-likeness (QED) is 0.887. The van der Waals surface area contributed by atoms with E-state index >= 15 is 0 Å². The fourth-order valence-corrected chi connectivity index (χ4v) is 2.51. The molecule has 1 unspecified atom stereocenters. The van der Waals surface area contributed by atoms with Gasteiger partial charge in [0.1, 0.15) is 5.75 Å². The van der Waals surface area contributed by atoms with E-state index in [9.17, 15) is 4.79 Å². The molecule has 3 heteroatoms. The first-order valence-electron chi connectivity index (χ1n) is 6.56. The van der Waals surface area contributed by atoms with Crippen molar-refractivity contribution in [3.63, 3.8) is 0 Å². The lowest BCUT2D eigenvalue weighted by Crippen LogP contribution is -2.52. The molecule has 0 radical (unpaired) electrons. The van der Waals surface area contributed by atoms with Crippen molar-refractivity contribution in [3.05, 3.63) is 29.8 Å². The Kier molecular flexibility index (Phi) is 4.02. The molecule has 0 bridgehead atoms. The topological polar surface area (TPSA) is 38.3 Å². The first-order valence-corrected chi connectivity index (χ1v) is 6.56. The van der Waals surface area contributed by atoms with Gasteiger partial charge in [-0.15, -0.1) is 0 Å². The Morgan fingerprint density at radius 2 is 2.17 bits per heavy atom. The van der Waals surface area contributed by atoms with Crippen LogP contribution in [-0.2, 0) is 11.2 Å². The van der Waals surface area contributed by atoms with Gasteiger partial charge in [-0.05, 0) is 38.8 Å². The average molecular weight is 247 g/mol. The summed E-state index contributed by atoms with van der Waals surface area (Å²) in [6.07, 6.45) is 3.66. The van der Waals surface area contributed by atoms with E-state index in [4.69, 9.17) is 4.74 Å². The Balaban J connectivity index is 2.10. The van der Waals surface area contributed by atoms with Crippen molar-refractivity contribution in [2.45, 2.75) is 38.1 Å². The highest BCUT2D eigenvalue weighted by Gasteiger charge is 2.33. The minimum atomic E-state index is -0.362. The number of methoxy groups -OCH3 is 1. The van der Waals surface area contributed by atoms with Crippen LogP contribution in [0.4, 0.5) is 0 Å². The van der Waals surface area contributed by atoms with Gasteiger partial charge in [-0.1, -0.05) is 18.2 Å². The molecule has 1 aliphatic heterocycles. The molecule has 98 valence electrons. The van der Waals surface area contributed by atoms with Crippen LogP contribution in [0, 0.1) is 0 Å². The predicted molar refractivity (Wildman–Crippen MR) is 72.0 cm³/mol. The van der Waals surface area contributed by atoms with Crippen molar-refractivity contribution in [2.75, 3.05) is 13.7 Å². The highest BCUT2D eigenvalue weighted by atomic mass is 16.5. The largest absolute Gasteiger partial charge is 0.496 e. The zero-order chi connectivity index (χ0) is 13.0. The lowest BCUT2D eigenvalue weighted by Gasteiger charge is -2.33. The van der Waals surface area contributed by atoms with Crippen LogP contribution in [-0.4, -0.2) is 25.0 Å². The molecule has 1 aliphatic rings. The summed E-state index contributed by atoms with van der Waals surface area (Å²) in [5.74, 6) is 1.05. The highest BCUT2D eigenvalue weighted by molar-refractivity contribution is 5.90. The first-order chi connectivity index (χ1) is 8.65. The van der Waals surface area contributed by atoms with Crippen molar-refractivity contribution in [1.29, 1.82) is 0 Å². The smallest absolute Gasteiger partial charge is 0.157 e. The van der Waals surface area contributed by atoms with Crippen LogP contribution < -0.4 is 10.1 Å². The van der Waals surface area contributed by atoms with Crippen molar-refractivity contribution in [1.82, 2.24) is 5.32 Å². The molecule has 0 aromatic heterocycles. The number of carbonyl (C=O) groups is 1. The average Bonchev–Trinajstić information content (AvgIpc) is 2.40. The summed E-state index contributed by atoms with van der Waals surface area (Å²) in [6, 6.07) is 7.73. The number of benzene rings is 1. The van der Waals surface area contributed by atoms with E-state index in [2.05, 4.69) is 5.32 Å². The van der Waals surface area contributed by atoms with Gasteiger partial charge in [-0.2, -0.15) is 0 Å². The van der Waals surface area contributed by atoms with Gasteiger partial charge in [0.2, 0.25) is 0 Å². The van der Waals surface area contributed by atoms with E-state index in [-0.39, 0.29) is 11.3 Å². The van der Waals surface area contributed by atoms with E-state index in [1.54, 1.807) is 7.11 Å². The molecular formula is C15H21NO2. The third-order valence-electron chi connectivity index (χ3n) is 3.78. The van der Waals surface area contributed by atoms with Gasteiger partial charge in [0.15, 0.2) is 5.78 Å². The summed E-state index contributed by atoms with van der Waals surface area (Å²) in [5, 5.41) is 3.36. The van der Waals surface area contributed by atoms with Gasteiger partial charge in [-0.3, -0.25) is 4.79 Å². The highest BCUT2D eigenvalue weighted by Crippen LogP contribution is 2.24. The molecule has 0 amide bonds. The Bertz CT molecular complexity index is 422. The van der Waals surface area contributed by atoms with Crippen molar-refractivity contribution in [3.8, 4) is 5.75 Å². The molecule has 0 aliphatic carbocycles. The van der Waals surface area contributed by atoms with E-state index in [0.29, 0.717) is 6.42 Å².